The van der Waals surface area contributed by atoms with Gasteiger partial charge in [-0.3, -0.25) is 14.4 Å². The molecule has 26 heavy (non-hydrogen) atoms. The van der Waals surface area contributed by atoms with Crippen molar-refractivity contribution in [3.05, 3.63) is 96.1 Å². The fourth-order valence-electron chi connectivity index (χ4n) is 3.19. The molecule has 4 aromatic carbocycles. The molecule has 0 N–H and O–H groups in total. The van der Waals surface area contributed by atoms with E-state index in [1.807, 2.05) is 36.4 Å². The van der Waals surface area contributed by atoms with Crippen LogP contribution in [0.1, 0.15) is 20.7 Å². The van der Waals surface area contributed by atoms with Crippen LogP contribution in [0.4, 0.5) is 0 Å². The molecule has 0 radical (unpaired) electrons. The average Bonchev–Trinajstić information content (AvgIpc) is 2.71. The molecule has 4 rings (SSSR count). The smallest absolute Gasteiger partial charge is 0.273 e. The molecule has 124 valence electrons. The summed E-state index contributed by atoms with van der Waals surface area (Å²) in [5, 5.41) is 3.03. The second-order valence-electron chi connectivity index (χ2n) is 6.04. The van der Waals surface area contributed by atoms with Gasteiger partial charge in [0.25, 0.3) is 5.78 Å². The molecule has 0 aliphatic heterocycles. The maximum atomic E-state index is 12.7. The number of hydrogen-bond donors (Lipinski definition) is 0. The van der Waals surface area contributed by atoms with Gasteiger partial charge in [-0.15, -0.1) is 0 Å². The van der Waals surface area contributed by atoms with Crippen molar-refractivity contribution in [2.75, 3.05) is 0 Å². The highest BCUT2D eigenvalue weighted by Gasteiger charge is 2.27. The number of Topliss-reactive ketones (excluding diaryl/α,β-unsaturated/α-hetero) is 3. The van der Waals surface area contributed by atoms with Gasteiger partial charge < -0.3 is 0 Å². The van der Waals surface area contributed by atoms with Gasteiger partial charge in [-0.25, -0.2) is 0 Å². The lowest BCUT2D eigenvalue weighted by Gasteiger charge is -2.07. The summed E-state index contributed by atoms with van der Waals surface area (Å²) in [5.74, 6) is -2.57. The molecule has 0 aromatic heterocycles. The second-order valence-corrected chi connectivity index (χ2v) is 6.04. The Morgan fingerprint density at radius 1 is 0.462 bits per heavy atom. The number of carbonyl (C=O) groups excluding carboxylic acids is 3. The number of ketones is 3. The van der Waals surface area contributed by atoms with Crippen LogP contribution in [0.15, 0.2) is 84.9 Å². The summed E-state index contributed by atoms with van der Waals surface area (Å²) in [5.41, 5.74) is 0.503. The Kier molecular flexibility index (Phi) is 3.90. The number of benzene rings is 4. The van der Waals surface area contributed by atoms with Crippen molar-refractivity contribution in [1.29, 1.82) is 0 Å². The summed E-state index contributed by atoms with van der Waals surface area (Å²) in [6.07, 6.45) is 0. The van der Waals surface area contributed by atoms with Crippen LogP contribution in [0.5, 0.6) is 0 Å². The standard InChI is InChI=1S/C23H14O3/c24-21(19-13-5-9-15-7-1-3-11-17(15)19)23(26)22(25)20-14-6-10-16-8-2-4-12-18(16)20/h1-14H. The van der Waals surface area contributed by atoms with Crippen LogP contribution in [0, 0.1) is 0 Å². The van der Waals surface area contributed by atoms with Crippen LogP contribution >= 0.6 is 0 Å². The van der Waals surface area contributed by atoms with Gasteiger partial charge in [0.2, 0.25) is 11.6 Å². The van der Waals surface area contributed by atoms with Gasteiger partial charge in [0.15, 0.2) is 0 Å². The first-order valence-corrected chi connectivity index (χ1v) is 8.26. The zero-order valence-corrected chi connectivity index (χ0v) is 13.8. The molecule has 0 bridgehead atoms. The summed E-state index contributed by atoms with van der Waals surface area (Å²) in [6, 6.07) is 24.9. The van der Waals surface area contributed by atoms with E-state index in [2.05, 4.69) is 0 Å². The van der Waals surface area contributed by atoms with E-state index in [1.54, 1.807) is 48.5 Å². The Labute approximate surface area is 149 Å². The summed E-state index contributed by atoms with van der Waals surface area (Å²) in [4.78, 5) is 38.1. The third-order valence-corrected chi connectivity index (χ3v) is 4.48. The van der Waals surface area contributed by atoms with Gasteiger partial charge in [0.05, 0.1) is 0 Å². The molecule has 0 amide bonds. The van der Waals surface area contributed by atoms with E-state index in [1.165, 1.54) is 0 Å². The Bertz CT molecular complexity index is 1080. The third-order valence-electron chi connectivity index (χ3n) is 4.48. The summed E-state index contributed by atoms with van der Waals surface area (Å²) in [7, 11) is 0. The quantitative estimate of drug-likeness (QED) is 0.310. The van der Waals surface area contributed by atoms with Crippen LogP contribution in [0.25, 0.3) is 21.5 Å². The fourth-order valence-corrected chi connectivity index (χ4v) is 3.19. The van der Waals surface area contributed by atoms with Crippen molar-refractivity contribution in [2.45, 2.75) is 0 Å². The van der Waals surface area contributed by atoms with Gasteiger partial charge in [-0.2, -0.15) is 0 Å². The van der Waals surface area contributed by atoms with E-state index in [0.29, 0.717) is 10.8 Å². The second kappa shape index (κ2) is 6.37. The highest BCUT2D eigenvalue weighted by Crippen LogP contribution is 2.22. The number of fused-ring (bicyclic) bond motifs is 2. The van der Waals surface area contributed by atoms with Gasteiger partial charge in [-0.1, -0.05) is 84.9 Å². The topological polar surface area (TPSA) is 51.2 Å². The van der Waals surface area contributed by atoms with Crippen molar-refractivity contribution in [3.8, 4) is 0 Å². The van der Waals surface area contributed by atoms with Crippen LogP contribution in [-0.4, -0.2) is 17.3 Å². The first-order valence-electron chi connectivity index (χ1n) is 8.26. The summed E-state index contributed by atoms with van der Waals surface area (Å²) < 4.78 is 0. The van der Waals surface area contributed by atoms with Crippen molar-refractivity contribution in [1.82, 2.24) is 0 Å². The Hall–Kier alpha value is -3.59. The predicted octanol–water partition coefficient (Wildman–Crippen LogP) is 4.63. The molecule has 0 saturated carbocycles. The molecule has 0 saturated heterocycles. The zero-order valence-electron chi connectivity index (χ0n) is 13.8. The molecule has 0 aliphatic carbocycles. The Morgan fingerprint density at radius 2 is 0.846 bits per heavy atom. The molecule has 3 heteroatoms. The van der Waals surface area contributed by atoms with Gasteiger partial charge >= 0.3 is 0 Å². The molecule has 0 atom stereocenters. The largest absolute Gasteiger partial charge is 0.285 e. The van der Waals surface area contributed by atoms with Crippen LogP contribution < -0.4 is 0 Å². The highest BCUT2D eigenvalue weighted by atomic mass is 16.2. The minimum atomic E-state index is -1.02. The highest BCUT2D eigenvalue weighted by molar-refractivity contribution is 6.71. The van der Waals surface area contributed by atoms with Crippen LogP contribution in [0.2, 0.25) is 0 Å². The lowest BCUT2D eigenvalue weighted by molar-refractivity contribution is -0.111. The van der Waals surface area contributed by atoms with E-state index in [0.717, 1.165) is 10.8 Å². The first-order chi connectivity index (χ1) is 12.7. The molecule has 0 heterocycles. The summed E-state index contributed by atoms with van der Waals surface area (Å²) in [6.45, 7) is 0. The van der Waals surface area contributed by atoms with E-state index in [-0.39, 0.29) is 11.1 Å². The molecule has 0 aliphatic rings. The number of hydrogen-bond acceptors (Lipinski definition) is 3. The molecule has 0 unspecified atom stereocenters. The van der Waals surface area contributed by atoms with Gasteiger partial charge in [0.1, 0.15) is 0 Å². The fraction of sp³-hybridized carbons (Fsp3) is 0. The van der Waals surface area contributed by atoms with Crippen LogP contribution in [-0.2, 0) is 4.79 Å². The predicted molar refractivity (Wildman–Crippen MR) is 102 cm³/mol. The van der Waals surface area contributed by atoms with Gasteiger partial charge in [0, 0.05) is 11.1 Å². The van der Waals surface area contributed by atoms with E-state index in [4.69, 9.17) is 0 Å². The summed E-state index contributed by atoms with van der Waals surface area (Å²) >= 11 is 0. The zero-order chi connectivity index (χ0) is 18.1. The number of rotatable bonds is 4. The van der Waals surface area contributed by atoms with Crippen molar-refractivity contribution >= 4 is 38.9 Å². The molecule has 0 spiro atoms. The molecular weight excluding hydrogens is 324 g/mol. The normalized spacial score (nSPS) is 10.8. The Morgan fingerprint density at radius 3 is 1.31 bits per heavy atom. The minimum absolute atomic E-state index is 0.252. The van der Waals surface area contributed by atoms with Crippen molar-refractivity contribution < 1.29 is 14.4 Å². The molecule has 4 aromatic rings. The lowest BCUT2D eigenvalue weighted by atomic mass is 9.94. The molecule has 0 fully saturated rings. The third kappa shape index (κ3) is 2.60. The lowest BCUT2D eigenvalue weighted by Crippen LogP contribution is -2.24. The maximum absolute atomic E-state index is 12.7. The van der Waals surface area contributed by atoms with Crippen LogP contribution in [0.3, 0.4) is 0 Å². The van der Waals surface area contributed by atoms with E-state index >= 15 is 0 Å². The molecule has 3 nitrogen and oxygen atoms in total. The van der Waals surface area contributed by atoms with E-state index < -0.39 is 17.3 Å². The maximum Gasteiger partial charge on any atom is 0.273 e. The molecular formula is C23H14O3. The first kappa shape index (κ1) is 15.9. The average molecular weight is 338 g/mol. The van der Waals surface area contributed by atoms with Crippen molar-refractivity contribution in [3.63, 3.8) is 0 Å². The Balaban J connectivity index is 1.77. The number of carbonyl (C=O) groups is 3. The van der Waals surface area contributed by atoms with Gasteiger partial charge in [-0.05, 0) is 21.5 Å². The minimum Gasteiger partial charge on any atom is -0.285 e. The SMILES string of the molecule is O=C(C(=O)c1cccc2ccccc12)C(=O)c1cccc2ccccc12. The monoisotopic (exact) mass is 338 g/mol. The van der Waals surface area contributed by atoms with E-state index in [9.17, 15) is 14.4 Å². The van der Waals surface area contributed by atoms with Crippen molar-refractivity contribution in [2.24, 2.45) is 0 Å².